The SMILES string of the molecule is COC(=O)[C@H](CCSC)NC(=O)c1ncccc1Oc1nc(OC)cc(OC)n1. The van der Waals surface area contributed by atoms with Gasteiger partial charge in [0.2, 0.25) is 11.8 Å². The number of methoxy groups -OCH3 is 3. The number of pyridine rings is 1. The molecule has 29 heavy (non-hydrogen) atoms. The van der Waals surface area contributed by atoms with Crippen LogP contribution in [0.25, 0.3) is 0 Å². The lowest BCUT2D eigenvalue weighted by molar-refractivity contribution is -0.142. The van der Waals surface area contributed by atoms with Crippen LogP contribution in [0.2, 0.25) is 0 Å². The Bertz CT molecular complexity index is 829. The number of esters is 1. The van der Waals surface area contributed by atoms with E-state index in [1.807, 2.05) is 6.26 Å². The van der Waals surface area contributed by atoms with Crippen LogP contribution in [-0.2, 0) is 9.53 Å². The summed E-state index contributed by atoms with van der Waals surface area (Å²) in [5.74, 6) is 0.102. The van der Waals surface area contributed by atoms with Gasteiger partial charge in [0, 0.05) is 6.20 Å². The highest BCUT2D eigenvalue weighted by atomic mass is 32.2. The molecule has 0 spiro atoms. The first kappa shape index (κ1) is 22.2. The highest BCUT2D eigenvalue weighted by Crippen LogP contribution is 2.25. The fraction of sp³-hybridized carbons (Fsp3) is 0.389. The van der Waals surface area contributed by atoms with Gasteiger partial charge in [-0.25, -0.2) is 9.78 Å². The van der Waals surface area contributed by atoms with Crippen molar-refractivity contribution in [2.75, 3.05) is 33.3 Å². The van der Waals surface area contributed by atoms with Gasteiger partial charge in [-0.2, -0.15) is 21.7 Å². The Morgan fingerprint density at radius 2 is 1.86 bits per heavy atom. The Balaban J connectivity index is 2.25. The average molecular weight is 422 g/mol. The molecule has 0 radical (unpaired) electrons. The zero-order valence-corrected chi connectivity index (χ0v) is 17.3. The van der Waals surface area contributed by atoms with E-state index in [0.717, 1.165) is 0 Å². The van der Waals surface area contributed by atoms with Gasteiger partial charge < -0.3 is 24.3 Å². The highest BCUT2D eigenvalue weighted by molar-refractivity contribution is 7.98. The topological polar surface area (TPSA) is 122 Å². The second kappa shape index (κ2) is 11.1. The second-order valence-electron chi connectivity index (χ2n) is 5.52. The molecule has 2 rings (SSSR count). The number of aromatic nitrogens is 3. The van der Waals surface area contributed by atoms with Crippen LogP contribution in [0.3, 0.4) is 0 Å². The molecule has 1 atom stereocenters. The molecule has 0 aliphatic heterocycles. The van der Waals surface area contributed by atoms with Crippen molar-refractivity contribution in [2.45, 2.75) is 12.5 Å². The van der Waals surface area contributed by atoms with Gasteiger partial charge in [-0.3, -0.25) is 4.79 Å². The first-order chi connectivity index (χ1) is 14.0. The minimum Gasteiger partial charge on any atom is -0.481 e. The van der Waals surface area contributed by atoms with E-state index in [1.165, 1.54) is 39.7 Å². The molecular formula is C18H22N4O6S. The number of carbonyl (C=O) groups is 2. The summed E-state index contributed by atoms with van der Waals surface area (Å²) in [6.45, 7) is 0. The summed E-state index contributed by atoms with van der Waals surface area (Å²) in [4.78, 5) is 36.9. The van der Waals surface area contributed by atoms with Crippen LogP contribution in [0.5, 0.6) is 23.5 Å². The number of hydrogen-bond donors (Lipinski definition) is 1. The molecule has 1 N–H and O–H groups in total. The fourth-order valence-electron chi connectivity index (χ4n) is 2.23. The maximum absolute atomic E-state index is 12.7. The average Bonchev–Trinajstić information content (AvgIpc) is 2.75. The Kier molecular flexibility index (Phi) is 8.46. The molecular weight excluding hydrogens is 400 g/mol. The third-order valence-corrected chi connectivity index (χ3v) is 4.31. The van der Waals surface area contributed by atoms with Gasteiger partial charge in [-0.1, -0.05) is 0 Å². The van der Waals surface area contributed by atoms with Gasteiger partial charge >= 0.3 is 12.0 Å². The van der Waals surface area contributed by atoms with E-state index in [2.05, 4.69) is 20.3 Å². The van der Waals surface area contributed by atoms with E-state index in [-0.39, 0.29) is 29.2 Å². The molecule has 2 heterocycles. The van der Waals surface area contributed by atoms with Crippen LogP contribution in [-0.4, -0.2) is 66.2 Å². The molecule has 0 saturated heterocycles. The van der Waals surface area contributed by atoms with Crippen LogP contribution in [0.15, 0.2) is 24.4 Å². The number of ether oxygens (including phenoxy) is 4. The van der Waals surface area contributed by atoms with Crippen LogP contribution in [0.4, 0.5) is 0 Å². The van der Waals surface area contributed by atoms with Crippen LogP contribution >= 0.6 is 11.8 Å². The number of hydrogen-bond acceptors (Lipinski definition) is 10. The van der Waals surface area contributed by atoms with E-state index in [1.54, 1.807) is 17.8 Å². The van der Waals surface area contributed by atoms with Crippen molar-refractivity contribution < 1.29 is 28.5 Å². The van der Waals surface area contributed by atoms with Gasteiger partial charge in [-0.05, 0) is 30.6 Å². The lowest BCUT2D eigenvalue weighted by Gasteiger charge is -2.16. The number of nitrogens with one attached hydrogen (secondary N) is 1. The molecule has 0 unspecified atom stereocenters. The van der Waals surface area contributed by atoms with E-state index >= 15 is 0 Å². The van der Waals surface area contributed by atoms with Crippen molar-refractivity contribution in [1.29, 1.82) is 0 Å². The van der Waals surface area contributed by atoms with E-state index < -0.39 is 17.9 Å². The number of rotatable bonds is 10. The lowest BCUT2D eigenvalue weighted by Crippen LogP contribution is -2.42. The molecule has 2 aromatic rings. The van der Waals surface area contributed by atoms with Crippen molar-refractivity contribution in [3.05, 3.63) is 30.1 Å². The number of amides is 1. The van der Waals surface area contributed by atoms with Crippen molar-refractivity contribution >= 4 is 23.6 Å². The summed E-state index contributed by atoms with van der Waals surface area (Å²) in [6.07, 6.45) is 3.76. The first-order valence-electron chi connectivity index (χ1n) is 8.50. The van der Waals surface area contributed by atoms with Crippen molar-refractivity contribution in [3.8, 4) is 23.5 Å². The van der Waals surface area contributed by atoms with E-state index in [9.17, 15) is 9.59 Å². The summed E-state index contributed by atoms with van der Waals surface area (Å²) < 4.78 is 20.6. The van der Waals surface area contributed by atoms with Crippen LogP contribution < -0.4 is 19.5 Å². The van der Waals surface area contributed by atoms with Crippen molar-refractivity contribution in [1.82, 2.24) is 20.3 Å². The summed E-state index contributed by atoms with van der Waals surface area (Å²) in [5, 5.41) is 2.63. The summed E-state index contributed by atoms with van der Waals surface area (Å²) in [7, 11) is 4.15. The zero-order chi connectivity index (χ0) is 21.2. The molecule has 0 aromatic carbocycles. The predicted octanol–water partition coefficient (Wildman–Crippen LogP) is 1.71. The standard InChI is InChI=1S/C18H22N4O6S/c1-25-13-10-14(26-2)22-18(21-13)28-12-6-5-8-19-15(12)16(23)20-11(7-9-29-4)17(24)27-3/h5-6,8,10-11H,7,9H2,1-4H3,(H,20,23)/t11-/m0/s1. The lowest BCUT2D eigenvalue weighted by atomic mass is 10.2. The minimum absolute atomic E-state index is 0.0315. The number of nitrogens with zero attached hydrogens (tertiary/aromatic N) is 3. The van der Waals surface area contributed by atoms with Gasteiger partial charge in [0.25, 0.3) is 5.91 Å². The maximum atomic E-state index is 12.7. The summed E-state index contributed by atoms with van der Waals surface area (Å²) in [6, 6.07) is 3.72. The van der Waals surface area contributed by atoms with E-state index in [4.69, 9.17) is 18.9 Å². The second-order valence-corrected chi connectivity index (χ2v) is 6.50. The summed E-state index contributed by atoms with van der Waals surface area (Å²) in [5.41, 5.74) is -0.0315. The molecule has 10 nitrogen and oxygen atoms in total. The normalized spacial score (nSPS) is 11.3. The van der Waals surface area contributed by atoms with Gasteiger partial charge in [0.15, 0.2) is 11.4 Å². The minimum atomic E-state index is -0.803. The van der Waals surface area contributed by atoms with Crippen LogP contribution in [0.1, 0.15) is 16.9 Å². The molecule has 2 aromatic heterocycles. The Morgan fingerprint density at radius 1 is 1.17 bits per heavy atom. The maximum Gasteiger partial charge on any atom is 0.328 e. The third-order valence-electron chi connectivity index (χ3n) is 3.67. The molecule has 0 fully saturated rings. The quantitative estimate of drug-likeness (QED) is 0.566. The molecule has 156 valence electrons. The van der Waals surface area contributed by atoms with Crippen molar-refractivity contribution in [2.24, 2.45) is 0 Å². The Morgan fingerprint density at radius 3 is 2.45 bits per heavy atom. The smallest absolute Gasteiger partial charge is 0.328 e. The van der Waals surface area contributed by atoms with Crippen molar-refractivity contribution in [3.63, 3.8) is 0 Å². The molecule has 0 saturated carbocycles. The number of thioether (sulfide) groups is 1. The van der Waals surface area contributed by atoms with Gasteiger partial charge in [0.05, 0.1) is 27.4 Å². The Labute approximate surface area is 172 Å². The van der Waals surface area contributed by atoms with Gasteiger partial charge in [-0.15, -0.1) is 0 Å². The largest absolute Gasteiger partial charge is 0.481 e. The summed E-state index contributed by atoms with van der Waals surface area (Å²) >= 11 is 1.55. The zero-order valence-electron chi connectivity index (χ0n) is 16.5. The Hall–Kier alpha value is -3.08. The monoisotopic (exact) mass is 422 g/mol. The van der Waals surface area contributed by atoms with Crippen LogP contribution in [0, 0.1) is 0 Å². The molecule has 0 aliphatic rings. The first-order valence-corrected chi connectivity index (χ1v) is 9.89. The molecule has 0 bridgehead atoms. The number of carbonyl (C=O) groups excluding carboxylic acids is 2. The van der Waals surface area contributed by atoms with Gasteiger partial charge in [0.1, 0.15) is 6.04 Å². The fourth-order valence-corrected chi connectivity index (χ4v) is 2.71. The third kappa shape index (κ3) is 6.21. The van der Waals surface area contributed by atoms with E-state index in [0.29, 0.717) is 12.2 Å². The molecule has 1 amide bonds. The molecule has 0 aliphatic carbocycles. The molecule has 11 heteroatoms. The highest BCUT2D eigenvalue weighted by Gasteiger charge is 2.24. The predicted molar refractivity (Wildman–Crippen MR) is 106 cm³/mol.